The molecule has 19 heavy (non-hydrogen) atoms. The fraction of sp³-hybridized carbons (Fsp3) is 0.500. The number of aliphatic hydroxyl groups is 1. The highest BCUT2D eigenvalue weighted by atomic mass is 35.5. The summed E-state index contributed by atoms with van der Waals surface area (Å²) in [5.74, 6) is 0. The second-order valence-corrected chi connectivity index (χ2v) is 4.31. The van der Waals surface area contributed by atoms with Gasteiger partial charge in [-0.2, -0.15) is 0 Å². The minimum Gasteiger partial charge on any atom is -0.394 e. The van der Waals surface area contributed by atoms with E-state index < -0.39 is 4.92 Å². The summed E-state index contributed by atoms with van der Waals surface area (Å²) in [5.41, 5.74) is 0.815. The van der Waals surface area contributed by atoms with Crippen LogP contribution in [0.1, 0.15) is 12.0 Å². The lowest BCUT2D eigenvalue weighted by atomic mass is 10.2. The van der Waals surface area contributed by atoms with Crippen molar-refractivity contribution in [2.45, 2.75) is 13.0 Å². The molecule has 1 rings (SSSR count). The van der Waals surface area contributed by atoms with Crippen LogP contribution >= 0.6 is 11.6 Å². The van der Waals surface area contributed by atoms with Crippen LogP contribution in [-0.4, -0.2) is 36.4 Å². The van der Waals surface area contributed by atoms with Gasteiger partial charge >= 0.3 is 0 Å². The fourth-order valence-corrected chi connectivity index (χ4v) is 1.72. The average Bonchev–Trinajstić information content (AvgIpc) is 2.39. The average molecular weight is 289 g/mol. The SMILES string of the molecule is O=[N+]([O-])c1ccc(CNCCCOCCO)c(Cl)c1. The van der Waals surface area contributed by atoms with E-state index in [1.54, 1.807) is 6.07 Å². The van der Waals surface area contributed by atoms with Crippen molar-refractivity contribution < 1.29 is 14.8 Å². The molecule has 0 atom stereocenters. The highest BCUT2D eigenvalue weighted by molar-refractivity contribution is 6.31. The van der Waals surface area contributed by atoms with Gasteiger partial charge in [0, 0.05) is 25.3 Å². The van der Waals surface area contributed by atoms with Gasteiger partial charge in [0.1, 0.15) is 0 Å². The number of nitrogens with one attached hydrogen (secondary N) is 1. The second kappa shape index (κ2) is 8.82. The number of nitrogens with zero attached hydrogens (tertiary/aromatic N) is 1. The number of hydrogen-bond donors (Lipinski definition) is 2. The Hall–Kier alpha value is -1.21. The van der Waals surface area contributed by atoms with Crippen LogP contribution in [0.5, 0.6) is 0 Å². The minimum atomic E-state index is -0.471. The summed E-state index contributed by atoms with van der Waals surface area (Å²) in [7, 11) is 0. The molecule has 0 heterocycles. The van der Waals surface area contributed by atoms with Crippen molar-refractivity contribution in [1.29, 1.82) is 0 Å². The predicted octanol–water partition coefficient (Wildman–Crippen LogP) is 1.74. The van der Waals surface area contributed by atoms with Gasteiger partial charge in [0.2, 0.25) is 0 Å². The normalized spacial score (nSPS) is 10.6. The first-order chi connectivity index (χ1) is 9.15. The maximum Gasteiger partial charge on any atom is 0.270 e. The van der Waals surface area contributed by atoms with Crippen molar-refractivity contribution in [3.8, 4) is 0 Å². The van der Waals surface area contributed by atoms with Gasteiger partial charge in [0.15, 0.2) is 0 Å². The number of rotatable bonds is 9. The summed E-state index contributed by atoms with van der Waals surface area (Å²) < 4.78 is 5.11. The van der Waals surface area contributed by atoms with Gasteiger partial charge in [0.25, 0.3) is 5.69 Å². The van der Waals surface area contributed by atoms with Crippen molar-refractivity contribution in [2.75, 3.05) is 26.4 Å². The second-order valence-electron chi connectivity index (χ2n) is 3.90. The van der Waals surface area contributed by atoms with Crippen LogP contribution in [0, 0.1) is 10.1 Å². The van der Waals surface area contributed by atoms with Crippen molar-refractivity contribution in [2.24, 2.45) is 0 Å². The van der Waals surface area contributed by atoms with Crippen LogP contribution in [0.25, 0.3) is 0 Å². The summed E-state index contributed by atoms with van der Waals surface area (Å²) in [6.07, 6.45) is 0.824. The van der Waals surface area contributed by atoms with Gasteiger partial charge in [-0.15, -0.1) is 0 Å². The number of benzene rings is 1. The Balaban J connectivity index is 2.28. The molecule has 0 saturated heterocycles. The number of aliphatic hydroxyl groups excluding tert-OH is 1. The van der Waals surface area contributed by atoms with E-state index in [1.807, 2.05) is 0 Å². The minimum absolute atomic E-state index is 0.00819. The summed E-state index contributed by atoms with van der Waals surface area (Å²) in [5, 5.41) is 22.6. The molecular formula is C12H17ClN2O4. The zero-order valence-electron chi connectivity index (χ0n) is 10.5. The number of halogens is 1. The molecule has 2 N–H and O–H groups in total. The molecule has 7 heteroatoms. The van der Waals surface area contributed by atoms with Crippen LogP contribution in [0.15, 0.2) is 18.2 Å². The molecule has 0 unspecified atom stereocenters. The monoisotopic (exact) mass is 288 g/mol. The molecule has 0 bridgehead atoms. The van der Waals surface area contributed by atoms with Crippen LogP contribution in [-0.2, 0) is 11.3 Å². The van der Waals surface area contributed by atoms with E-state index in [0.717, 1.165) is 18.5 Å². The largest absolute Gasteiger partial charge is 0.394 e. The summed E-state index contributed by atoms with van der Waals surface area (Å²) in [4.78, 5) is 10.1. The van der Waals surface area contributed by atoms with Gasteiger partial charge in [0.05, 0.1) is 23.2 Å². The van der Waals surface area contributed by atoms with E-state index in [2.05, 4.69) is 5.32 Å². The Kier molecular flexibility index (Phi) is 7.35. The third kappa shape index (κ3) is 5.98. The van der Waals surface area contributed by atoms with E-state index >= 15 is 0 Å². The van der Waals surface area contributed by atoms with E-state index in [9.17, 15) is 10.1 Å². The number of ether oxygens (including phenoxy) is 1. The maximum absolute atomic E-state index is 10.5. The first kappa shape index (κ1) is 15.8. The first-order valence-electron chi connectivity index (χ1n) is 5.97. The van der Waals surface area contributed by atoms with E-state index in [4.69, 9.17) is 21.4 Å². The molecule has 0 radical (unpaired) electrons. The van der Waals surface area contributed by atoms with Crippen LogP contribution in [0.2, 0.25) is 5.02 Å². The molecule has 6 nitrogen and oxygen atoms in total. The first-order valence-corrected chi connectivity index (χ1v) is 6.35. The number of nitro benzene ring substituents is 1. The van der Waals surface area contributed by atoms with Crippen molar-refractivity contribution in [1.82, 2.24) is 5.32 Å². The smallest absolute Gasteiger partial charge is 0.270 e. The lowest BCUT2D eigenvalue weighted by Crippen LogP contribution is -2.17. The summed E-state index contributed by atoms with van der Waals surface area (Å²) in [6.45, 7) is 2.27. The van der Waals surface area contributed by atoms with Crippen LogP contribution in [0.4, 0.5) is 5.69 Å². The highest BCUT2D eigenvalue weighted by Gasteiger charge is 2.08. The Morgan fingerprint density at radius 1 is 1.42 bits per heavy atom. The molecule has 0 saturated carbocycles. The third-order valence-electron chi connectivity index (χ3n) is 2.44. The molecule has 0 aliphatic rings. The van der Waals surface area contributed by atoms with Gasteiger partial charge in [-0.3, -0.25) is 10.1 Å². The van der Waals surface area contributed by atoms with E-state index in [1.165, 1.54) is 12.1 Å². The molecule has 0 aliphatic heterocycles. The zero-order chi connectivity index (χ0) is 14.1. The number of hydrogen-bond acceptors (Lipinski definition) is 5. The molecule has 0 spiro atoms. The highest BCUT2D eigenvalue weighted by Crippen LogP contribution is 2.22. The molecule has 0 fully saturated rings. The van der Waals surface area contributed by atoms with Gasteiger partial charge < -0.3 is 15.2 Å². The molecule has 0 amide bonds. The third-order valence-corrected chi connectivity index (χ3v) is 2.79. The van der Waals surface area contributed by atoms with Crippen molar-refractivity contribution in [3.05, 3.63) is 38.9 Å². The van der Waals surface area contributed by atoms with E-state index in [0.29, 0.717) is 24.8 Å². The summed E-state index contributed by atoms with van der Waals surface area (Å²) >= 11 is 5.96. The van der Waals surface area contributed by atoms with Gasteiger partial charge in [-0.25, -0.2) is 0 Å². The Bertz CT molecular complexity index is 415. The topological polar surface area (TPSA) is 84.6 Å². The van der Waals surface area contributed by atoms with Crippen LogP contribution < -0.4 is 5.32 Å². The molecule has 0 aliphatic carbocycles. The molecule has 1 aromatic carbocycles. The quantitative estimate of drug-likeness (QED) is 0.411. The predicted molar refractivity (Wildman–Crippen MR) is 72.3 cm³/mol. The lowest BCUT2D eigenvalue weighted by Gasteiger charge is -2.07. The standard InChI is InChI=1S/C12H17ClN2O4/c13-12-8-11(15(17)18)3-2-10(12)9-14-4-1-6-19-7-5-16/h2-3,8,14,16H,1,4-7,9H2. The molecule has 0 aromatic heterocycles. The maximum atomic E-state index is 10.5. The molecular weight excluding hydrogens is 272 g/mol. The van der Waals surface area contributed by atoms with Crippen molar-refractivity contribution in [3.63, 3.8) is 0 Å². The number of nitro groups is 1. The van der Waals surface area contributed by atoms with Gasteiger partial charge in [-0.1, -0.05) is 11.6 Å². The van der Waals surface area contributed by atoms with E-state index in [-0.39, 0.29) is 12.3 Å². The van der Waals surface area contributed by atoms with Gasteiger partial charge in [-0.05, 0) is 24.6 Å². The lowest BCUT2D eigenvalue weighted by molar-refractivity contribution is -0.384. The molecule has 1 aromatic rings. The Morgan fingerprint density at radius 3 is 2.84 bits per heavy atom. The fourth-order valence-electron chi connectivity index (χ4n) is 1.48. The Morgan fingerprint density at radius 2 is 2.21 bits per heavy atom. The summed E-state index contributed by atoms with van der Waals surface area (Å²) in [6, 6.07) is 4.44. The van der Waals surface area contributed by atoms with Crippen LogP contribution in [0.3, 0.4) is 0 Å². The van der Waals surface area contributed by atoms with Crippen molar-refractivity contribution >= 4 is 17.3 Å². The molecule has 106 valence electrons. The zero-order valence-corrected chi connectivity index (χ0v) is 11.2. The number of non-ortho nitro benzene ring substituents is 1. The Labute approximate surface area is 116 Å².